The highest BCUT2D eigenvalue weighted by Gasteiger charge is 2.15. The molecule has 0 amide bonds. The zero-order valence-electron chi connectivity index (χ0n) is 13.0. The van der Waals surface area contributed by atoms with Gasteiger partial charge in [0.1, 0.15) is 5.75 Å². The Labute approximate surface area is 126 Å². The number of aromatic nitrogens is 2. The molecule has 0 aliphatic carbocycles. The number of hydrogen-bond donors (Lipinski definition) is 1. The van der Waals surface area contributed by atoms with Gasteiger partial charge >= 0.3 is 0 Å². The first kappa shape index (κ1) is 15.4. The fourth-order valence-corrected chi connectivity index (χ4v) is 2.38. The Hall–Kier alpha value is -1.94. The van der Waals surface area contributed by atoms with Crippen LogP contribution in [0.3, 0.4) is 0 Å². The van der Waals surface area contributed by atoms with Crippen LogP contribution in [0.25, 0.3) is 0 Å². The number of rotatable bonds is 7. The summed E-state index contributed by atoms with van der Waals surface area (Å²) in [6, 6.07) is 6.42. The third-order valence-corrected chi connectivity index (χ3v) is 3.44. The highest BCUT2D eigenvalue weighted by atomic mass is 16.5. The van der Waals surface area contributed by atoms with Crippen LogP contribution in [0.5, 0.6) is 5.75 Å². The van der Waals surface area contributed by atoms with Crippen LogP contribution in [0.4, 0.5) is 0 Å². The Morgan fingerprint density at radius 1 is 1.29 bits per heavy atom. The largest absolute Gasteiger partial charge is 0.496 e. The van der Waals surface area contributed by atoms with Crippen molar-refractivity contribution in [2.45, 2.75) is 32.7 Å². The van der Waals surface area contributed by atoms with Crippen molar-refractivity contribution in [1.29, 1.82) is 0 Å². The molecule has 1 heterocycles. The SMILES string of the molecule is CCCNC(Cc1cc(C)ccc1OC)c1cnccn1. The lowest BCUT2D eigenvalue weighted by Crippen LogP contribution is -2.25. The smallest absolute Gasteiger partial charge is 0.122 e. The molecule has 0 aliphatic rings. The van der Waals surface area contributed by atoms with E-state index in [1.165, 1.54) is 11.1 Å². The van der Waals surface area contributed by atoms with Crippen molar-refractivity contribution in [2.75, 3.05) is 13.7 Å². The molecule has 0 radical (unpaired) electrons. The van der Waals surface area contributed by atoms with Gasteiger partial charge in [0.25, 0.3) is 0 Å². The summed E-state index contributed by atoms with van der Waals surface area (Å²) in [4.78, 5) is 8.62. The molecule has 0 fully saturated rings. The van der Waals surface area contributed by atoms with Gasteiger partial charge in [-0.25, -0.2) is 0 Å². The Morgan fingerprint density at radius 2 is 2.14 bits per heavy atom. The summed E-state index contributed by atoms with van der Waals surface area (Å²) >= 11 is 0. The van der Waals surface area contributed by atoms with E-state index in [4.69, 9.17) is 4.74 Å². The van der Waals surface area contributed by atoms with Crippen molar-refractivity contribution in [3.63, 3.8) is 0 Å². The van der Waals surface area contributed by atoms with E-state index < -0.39 is 0 Å². The topological polar surface area (TPSA) is 47.0 Å². The second-order valence-electron chi connectivity index (χ2n) is 5.16. The van der Waals surface area contributed by atoms with E-state index in [0.717, 1.165) is 30.8 Å². The standard InChI is InChI=1S/C17H23N3O/c1-4-7-19-15(16-12-18-8-9-20-16)11-14-10-13(2)5-6-17(14)21-3/h5-6,8-10,12,15,19H,4,7,11H2,1-3H3. The van der Waals surface area contributed by atoms with Crippen LogP contribution in [0, 0.1) is 6.92 Å². The van der Waals surface area contributed by atoms with Gasteiger partial charge in [-0.05, 0) is 37.9 Å². The molecule has 1 N–H and O–H groups in total. The lowest BCUT2D eigenvalue weighted by molar-refractivity contribution is 0.404. The first-order chi connectivity index (χ1) is 10.2. The summed E-state index contributed by atoms with van der Waals surface area (Å²) in [6.07, 6.45) is 7.19. The normalized spacial score (nSPS) is 12.1. The summed E-state index contributed by atoms with van der Waals surface area (Å²) < 4.78 is 5.48. The highest BCUT2D eigenvalue weighted by molar-refractivity contribution is 5.37. The molecule has 1 unspecified atom stereocenters. The second kappa shape index (κ2) is 7.74. The van der Waals surface area contributed by atoms with Crippen LogP contribution in [0.2, 0.25) is 0 Å². The molecular formula is C17H23N3O. The summed E-state index contributed by atoms with van der Waals surface area (Å²) in [5.41, 5.74) is 3.39. The molecule has 1 atom stereocenters. The van der Waals surface area contributed by atoms with Crippen molar-refractivity contribution < 1.29 is 4.74 Å². The fourth-order valence-electron chi connectivity index (χ4n) is 2.38. The maximum absolute atomic E-state index is 5.48. The van der Waals surface area contributed by atoms with Crippen LogP contribution in [0.15, 0.2) is 36.8 Å². The van der Waals surface area contributed by atoms with E-state index in [2.05, 4.69) is 41.3 Å². The molecule has 112 valence electrons. The molecule has 0 saturated carbocycles. The van der Waals surface area contributed by atoms with Gasteiger partial charge in [-0.15, -0.1) is 0 Å². The lowest BCUT2D eigenvalue weighted by Gasteiger charge is -2.19. The van der Waals surface area contributed by atoms with E-state index in [1.54, 1.807) is 19.5 Å². The molecular weight excluding hydrogens is 262 g/mol. The van der Waals surface area contributed by atoms with Crippen molar-refractivity contribution in [2.24, 2.45) is 0 Å². The van der Waals surface area contributed by atoms with Crippen molar-refractivity contribution in [1.82, 2.24) is 15.3 Å². The third kappa shape index (κ3) is 4.26. The van der Waals surface area contributed by atoms with Gasteiger partial charge in [-0.1, -0.05) is 24.6 Å². The predicted octanol–water partition coefficient (Wildman–Crippen LogP) is 3.08. The zero-order valence-corrected chi connectivity index (χ0v) is 13.0. The van der Waals surface area contributed by atoms with Gasteiger partial charge in [0.05, 0.1) is 18.8 Å². The molecule has 2 aromatic rings. The Kier molecular flexibility index (Phi) is 5.69. The van der Waals surface area contributed by atoms with Crippen molar-refractivity contribution in [3.05, 3.63) is 53.6 Å². The second-order valence-corrected chi connectivity index (χ2v) is 5.16. The molecule has 4 nitrogen and oxygen atoms in total. The highest BCUT2D eigenvalue weighted by Crippen LogP contribution is 2.25. The molecule has 0 saturated heterocycles. The minimum Gasteiger partial charge on any atom is -0.496 e. The summed E-state index contributed by atoms with van der Waals surface area (Å²) in [5, 5.41) is 3.55. The lowest BCUT2D eigenvalue weighted by atomic mass is 10.0. The average molecular weight is 285 g/mol. The number of ether oxygens (including phenoxy) is 1. The fraction of sp³-hybridized carbons (Fsp3) is 0.412. The van der Waals surface area contributed by atoms with Gasteiger partial charge in [-0.2, -0.15) is 0 Å². The third-order valence-electron chi connectivity index (χ3n) is 3.44. The Morgan fingerprint density at radius 3 is 2.81 bits per heavy atom. The number of benzene rings is 1. The Balaban J connectivity index is 2.24. The summed E-state index contributed by atoms with van der Waals surface area (Å²) in [6.45, 7) is 5.21. The van der Waals surface area contributed by atoms with Crippen LogP contribution < -0.4 is 10.1 Å². The summed E-state index contributed by atoms with van der Waals surface area (Å²) in [5.74, 6) is 0.924. The average Bonchev–Trinajstić information content (AvgIpc) is 2.52. The molecule has 0 aliphatic heterocycles. The molecule has 1 aromatic heterocycles. The van der Waals surface area contributed by atoms with Crippen molar-refractivity contribution >= 4 is 0 Å². The molecule has 1 aromatic carbocycles. The number of methoxy groups -OCH3 is 1. The minimum atomic E-state index is 0.148. The minimum absolute atomic E-state index is 0.148. The van der Waals surface area contributed by atoms with Gasteiger partial charge in [0.15, 0.2) is 0 Å². The van der Waals surface area contributed by atoms with E-state index in [0.29, 0.717) is 0 Å². The Bertz CT molecular complexity index is 557. The van der Waals surface area contributed by atoms with Gasteiger partial charge in [-0.3, -0.25) is 9.97 Å². The monoisotopic (exact) mass is 285 g/mol. The molecule has 0 bridgehead atoms. The van der Waals surface area contributed by atoms with Crippen LogP contribution in [0.1, 0.15) is 36.2 Å². The first-order valence-corrected chi connectivity index (χ1v) is 7.37. The van der Waals surface area contributed by atoms with Crippen LogP contribution >= 0.6 is 0 Å². The number of aryl methyl sites for hydroxylation is 1. The molecule has 0 spiro atoms. The summed E-state index contributed by atoms with van der Waals surface area (Å²) in [7, 11) is 1.71. The number of hydrogen-bond acceptors (Lipinski definition) is 4. The quantitative estimate of drug-likeness (QED) is 0.849. The van der Waals surface area contributed by atoms with Gasteiger partial charge in [0.2, 0.25) is 0 Å². The van der Waals surface area contributed by atoms with E-state index >= 15 is 0 Å². The van der Waals surface area contributed by atoms with E-state index in [-0.39, 0.29) is 6.04 Å². The van der Waals surface area contributed by atoms with Crippen LogP contribution in [-0.2, 0) is 6.42 Å². The number of nitrogens with zero attached hydrogens (tertiary/aromatic N) is 2. The van der Waals surface area contributed by atoms with Crippen molar-refractivity contribution in [3.8, 4) is 5.75 Å². The zero-order chi connectivity index (χ0) is 15.1. The van der Waals surface area contributed by atoms with E-state index in [1.807, 2.05) is 12.3 Å². The maximum atomic E-state index is 5.48. The predicted molar refractivity (Wildman–Crippen MR) is 84.5 cm³/mol. The molecule has 21 heavy (non-hydrogen) atoms. The van der Waals surface area contributed by atoms with Crippen LogP contribution in [-0.4, -0.2) is 23.6 Å². The van der Waals surface area contributed by atoms with Gasteiger partial charge < -0.3 is 10.1 Å². The first-order valence-electron chi connectivity index (χ1n) is 7.37. The van der Waals surface area contributed by atoms with Gasteiger partial charge in [0, 0.05) is 18.6 Å². The number of nitrogens with one attached hydrogen (secondary N) is 1. The molecule has 4 heteroatoms. The van der Waals surface area contributed by atoms with E-state index in [9.17, 15) is 0 Å². The molecule has 2 rings (SSSR count). The maximum Gasteiger partial charge on any atom is 0.122 e.